The Kier molecular flexibility index (Phi) is 7.45. The van der Waals surface area contributed by atoms with E-state index in [0.717, 1.165) is 18.7 Å². The number of nitrogens with one attached hydrogen (secondary N) is 1. The molecule has 3 aromatic rings. The van der Waals surface area contributed by atoms with Crippen molar-refractivity contribution in [3.63, 3.8) is 0 Å². The summed E-state index contributed by atoms with van der Waals surface area (Å²) in [5.41, 5.74) is 0.910. The van der Waals surface area contributed by atoms with Gasteiger partial charge in [0.05, 0.1) is 23.9 Å². The summed E-state index contributed by atoms with van der Waals surface area (Å²) in [6.45, 7) is 6.37. The lowest BCUT2D eigenvalue weighted by atomic mass is 10.0. The molecular weight excluding hydrogens is 478 g/mol. The maximum absolute atomic E-state index is 13.8. The second-order valence-electron chi connectivity index (χ2n) is 8.84. The summed E-state index contributed by atoms with van der Waals surface area (Å²) in [6, 6.07) is 6.55. The van der Waals surface area contributed by atoms with Crippen LogP contribution in [0.1, 0.15) is 29.9 Å². The second kappa shape index (κ2) is 10.2. The molecule has 4 rings (SSSR count). The molecule has 7 nitrogen and oxygen atoms in total. The van der Waals surface area contributed by atoms with Crippen LogP contribution in [0.3, 0.4) is 0 Å². The molecule has 1 N–H and O–H groups in total. The fraction of sp³-hybridized carbons (Fsp3) is 0.458. The monoisotopic (exact) mass is 507 g/mol. The third kappa shape index (κ3) is 5.82. The molecule has 2 aromatic heterocycles. The van der Waals surface area contributed by atoms with Crippen LogP contribution in [0, 0.1) is 6.92 Å². The van der Waals surface area contributed by atoms with E-state index in [4.69, 9.17) is 4.74 Å². The average Bonchev–Trinajstić information content (AvgIpc) is 2.83. The quantitative estimate of drug-likeness (QED) is 0.473. The van der Waals surface area contributed by atoms with Crippen LogP contribution in [0.15, 0.2) is 36.5 Å². The molecule has 0 radical (unpaired) electrons. The lowest BCUT2D eigenvalue weighted by Gasteiger charge is -2.31. The first-order valence-corrected chi connectivity index (χ1v) is 13.5. The van der Waals surface area contributed by atoms with Gasteiger partial charge in [-0.25, -0.2) is 9.97 Å². The summed E-state index contributed by atoms with van der Waals surface area (Å²) in [4.78, 5) is 15.7. The lowest BCUT2D eigenvalue weighted by Crippen LogP contribution is -2.39. The molecule has 35 heavy (non-hydrogen) atoms. The number of hydrogen-bond acceptors (Lipinski definition) is 7. The van der Waals surface area contributed by atoms with Crippen molar-refractivity contribution in [3.05, 3.63) is 53.5 Å². The summed E-state index contributed by atoms with van der Waals surface area (Å²) < 4.78 is 58.4. The number of benzene rings is 1. The van der Waals surface area contributed by atoms with Gasteiger partial charge in [0, 0.05) is 50.5 Å². The number of pyridine rings is 1. The van der Waals surface area contributed by atoms with Gasteiger partial charge in [0.1, 0.15) is 24.2 Å². The zero-order valence-electron chi connectivity index (χ0n) is 20.0. The van der Waals surface area contributed by atoms with Gasteiger partial charge >= 0.3 is 6.18 Å². The number of aromatic nitrogens is 3. The molecule has 1 atom stereocenters. The number of anilines is 1. The van der Waals surface area contributed by atoms with E-state index in [2.05, 4.69) is 25.2 Å². The van der Waals surface area contributed by atoms with Gasteiger partial charge in [-0.3, -0.25) is 4.98 Å². The van der Waals surface area contributed by atoms with Gasteiger partial charge in [0.2, 0.25) is 0 Å². The highest BCUT2D eigenvalue weighted by Gasteiger charge is 2.33. The van der Waals surface area contributed by atoms with Gasteiger partial charge in [-0.1, -0.05) is 12.1 Å². The van der Waals surface area contributed by atoms with Crippen molar-refractivity contribution in [2.24, 2.45) is 0 Å². The Balaban J connectivity index is 1.62. The lowest BCUT2D eigenvalue weighted by molar-refractivity contribution is -0.137. The van der Waals surface area contributed by atoms with Crippen molar-refractivity contribution >= 4 is 29.3 Å². The fourth-order valence-electron chi connectivity index (χ4n) is 4.25. The first-order valence-electron chi connectivity index (χ1n) is 11.5. The standard InChI is InChI=1S/C24H29F3N5O2P/c1-16(18-5-4-6-19(13-18)24(25,26)27)29-23-20-14-22(28-15-21(20)30-17(2)31-23)35(33)11-8-32(9-12-35)7-10-34-3/h4-6,13-16H,7-12H2,1-3H3,(H,29,30,31)/t16-/m1/s1. The predicted octanol–water partition coefficient (Wildman–Crippen LogP) is 4.48. The minimum atomic E-state index is -4.42. The molecule has 11 heteroatoms. The van der Waals surface area contributed by atoms with Crippen LogP contribution in [-0.4, -0.2) is 65.5 Å². The van der Waals surface area contributed by atoms with Gasteiger partial charge in [-0.05, 0) is 37.6 Å². The van der Waals surface area contributed by atoms with Crippen LogP contribution in [-0.2, 0) is 15.5 Å². The molecule has 1 saturated heterocycles. The maximum Gasteiger partial charge on any atom is 0.416 e. The molecule has 0 bridgehead atoms. The van der Waals surface area contributed by atoms with Gasteiger partial charge in [-0.2, -0.15) is 13.2 Å². The number of nitrogens with zero attached hydrogens (tertiary/aromatic N) is 4. The molecule has 1 aromatic carbocycles. The fourth-order valence-corrected chi connectivity index (χ4v) is 6.77. The van der Waals surface area contributed by atoms with E-state index in [9.17, 15) is 17.7 Å². The Hall–Kier alpha value is -2.55. The smallest absolute Gasteiger partial charge is 0.383 e. The van der Waals surface area contributed by atoms with Crippen molar-refractivity contribution in [3.8, 4) is 0 Å². The Labute approximate surface area is 202 Å². The largest absolute Gasteiger partial charge is 0.416 e. The Morgan fingerprint density at radius 2 is 1.94 bits per heavy atom. The molecule has 0 spiro atoms. The predicted molar refractivity (Wildman–Crippen MR) is 131 cm³/mol. The summed E-state index contributed by atoms with van der Waals surface area (Å²) in [7, 11) is -1.03. The van der Waals surface area contributed by atoms with E-state index >= 15 is 0 Å². The van der Waals surface area contributed by atoms with E-state index < -0.39 is 24.9 Å². The summed E-state index contributed by atoms with van der Waals surface area (Å²) >= 11 is 0. The van der Waals surface area contributed by atoms with Crippen LogP contribution in [0.25, 0.3) is 10.9 Å². The van der Waals surface area contributed by atoms with Crippen LogP contribution >= 0.6 is 7.14 Å². The number of ether oxygens (including phenoxy) is 1. The molecule has 3 heterocycles. The molecule has 1 fully saturated rings. The minimum Gasteiger partial charge on any atom is -0.383 e. The van der Waals surface area contributed by atoms with E-state index in [1.807, 2.05) is 0 Å². The number of methoxy groups -OCH3 is 1. The maximum atomic E-state index is 13.8. The number of halogens is 3. The Morgan fingerprint density at radius 1 is 1.20 bits per heavy atom. The zero-order chi connectivity index (χ0) is 25.2. The van der Waals surface area contributed by atoms with Crippen LogP contribution in [0.2, 0.25) is 0 Å². The van der Waals surface area contributed by atoms with Gasteiger partial charge in [-0.15, -0.1) is 0 Å². The van der Waals surface area contributed by atoms with Crippen molar-refractivity contribution in [2.45, 2.75) is 26.1 Å². The van der Waals surface area contributed by atoms with E-state index in [1.54, 1.807) is 39.3 Å². The second-order valence-corrected chi connectivity index (χ2v) is 12.0. The topological polar surface area (TPSA) is 80.2 Å². The molecule has 0 saturated carbocycles. The van der Waals surface area contributed by atoms with Gasteiger partial charge < -0.3 is 19.5 Å². The summed E-state index contributed by atoms with van der Waals surface area (Å²) in [5.74, 6) is 0.982. The van der Waals surface area contributed by atoms with Crippen LogP contribution < -0.4 is 10.8 Å². The van der Waals surface area contributed by atoms with Crippen molar-refractivity contribution in [1.29, 1.82) is 0 Å². The molecule has 188 valence electrons. The first kappa shape index (κ1) is 25.5. The highest BCUT2D eigenvalue weighted by molar-refractivity contribution is 7.71. The van der Waals surface area contributed by atoms with Gasteiger partial charge in [0.25, 0.3) is 0 Å². The third-order valence-corrected chi connectivity index (χ3v) is 9.26. The molecule has 0 unspecified atom stereocenters. The number of fused-ring (bicyclic) bond motifs is 1. The van der Waals surface area contributed by atoms with Gasteiger partial charge in [0.15, 0.2) is 0 Å². The number of hydrogen-bond donors (Lipinski definition) is 1. The summed E-state index contributed by atoms with van der Waals surface area (Å²) in [6.07, 6.45) is -1.74. The molecule has 0 amide bonds. The van der Waals surface area contributed by atoms with Crippen molar-refractivity contribution < 1.29 is 22.5 Å². The Morgan fingerprint density at radius 3 is 2.63 bits per heavy atom. The summed E-state index contributed by atoms with van der Waals surface area (Å²) in [5, 5.41) is 3.89. The number of rotatable bonds is 7. The molecule has 1 aliphatic heterocycles. The van der Waals surface area contributed by atoms with E-state index in [1.165, 1.54) is 6.07 Å². The average molecular weight is 507 g/mol. The molecule has 1 aliphatic rings. The minimum absolute atomic E-state index is 0.452. The number of alkyl halides is 3. The zero-order valence-corrected chi connectivity index (χ0v) is 20.9. The van der Waals surface area contributed by atoms with E-state index in [0.29, 0.717) is 65.6 Å². The SMILES string of the molecule is COCCN1CCP(=O)(c2cc3c(N[C@H](C)c4cccc(C(F)(F)F)c4)nc(C)nc3cn2)CC1. The number of aryl methyl sites for hydroxylation is 1. The van der Waals surface area contributed by atoms with E-state index in [-0.39, 0.29) is 0 Å². The normalized spacial score (nSPS) is 17.4. The van der Waals surface area contributed by atoms with Crippen LogP contribution in [0.4, 0.5) is 19.0 Å². The third-order valence-electron chi connectivity index (χ3n) is 6.33. The molecular formula is C24H29F3N5O2P. The first-order chi connectivity index (χ1) is 16.6. The highest BCUT2D eigenvalue weighted by atomic mass is 31.2. The Bertz CT molecular complexity index is 1240. The van der Waals surface area contributed by atoms with Crippen LogP contribution in [0.5, 0.6) is 0 Å². The van der Waals surface area contributed by atoms with Crippen molar-refractivity contribution in [1.82, 2.24) is 19.9 Å². The molecule has 0 aliphatic carbocycles. The highest BCUT2D eigenvalue weighted by Crippen LogP contribution is 2.46. The van der Waals surface area contributed by atoms with Crippen molar-refractivity contribution in [2.75, 3.05) is 51.0 Å².